The molecule has 0 radical (unpaired) electrons. The van der Waals surface area contributed by atoms with E-state index in [9.17, 15) is 17.2 Å². The molecule has 0 spiro atoms. The number of ether oxygens (including phenoxy) is 1. The topological polar surface area (TPSA) is 83.0 Å². The first-order chi connectivity index (χ1) is 13.2. The predicted octanol–water partition coefficient (Wildman–Crippen LogP) is 2.86. The Bertz CT molecular complexity index is 949. The molecule has 150 valence electrons. The van der Waals surface area contributed by atoms with E-state index in [2.05, 4.69) is 20.6 Å². The zero-order valence-corrected chi connectivity index (χ0v) is 16.6. The van der Waals surface area contributed by atoms with Crippen molar-refractivity contribution in [1.82, 2.24) is 9.73 Å². The van der Waals surface area contributed by atoms with Crippen LogP contribution in [0.15, 0.2) is 58.5 Å². The highest BCUT2D eigenvalue weighted by Crippen LogP contribution is 2.18. The van der Waals surface area contributed by atoms with Gasteiger partial charge in [0.05, 0.1) is 11.1 Å². The van der Waals surface area contributed by atoms with Gasteiger partial charge in [-0.2, -0.15) is 13.9 Å². The minimum absolute atomic E-state index is 0.0462. The minimum atomic E-state index is -3.56. The van der Waals surface area contributed by atoms with Crippen molar-refractivity contribution in [1.29, 1.82) is 0 Å². The summed E-state index contributed by atoms with van der Waals surface area (Å²) in [6.45, 7) is -2.88. The quantitative estimate of drug-likeness (QED) is 0.401. The normalized spacial score (nSPS) is 11.8. The first-order valence-corrected chi connectivity index (χ1v) is 9.71. The highest BCUT2D eigenvalue weighted by atomic mass is 32.2. The van der Waals surface area contributed by atoms with E-state index in [1.165, 1.54) is 44.6 Å². The molecule has 0 saturated heterocycles. The van der Waals surface area contributed by atoms with Crippen LogP contribution in [-0.4, -0.2) is 44.8 Å². The van der Waals surface area contributed by atoms with Crippen molar-refractivity contribution >= 4 is 39.3 Å². The van der Waals surface area contributed by atoms with Crippen molar-refractivity contribution in [3.05, 3.63) is 54.1 Å². The Morgan fingerprint density at radius 1 is 1.21 bits per heavy atom. The first kappa shape index (κ1) is 21.7. The van der Waals surface area contributed by atoms with Crippen LogP contribution in [0.25, 0.3) is 0 Å². The number of sulfonamides is 1. The van der Waals surface area contributed by atoms with Gasteiger partial charge in [0.1, 0.15) is 5.75 Å². The lowest BCUT2D eigenvalue weighted by Crippen LogP contribution is -2.25. The summed E-state index contributed by atoms with van der Waals surface area (Å²) in [7, 11) is -0.663. The van der Waals surface area contributed by atoms with Gasteiger partial charge in [-0.25, -0.2) is 12.7 Å². The molecule has 0 unspecified atom stereocenters. The van der Waals surface area contributed by atoms with E-state index >= 15 is 0 Å². The summed E-state index contributed by atoms with van der Waals surface area (Å²) in [6.07, 6.45) is 1.44. The molecular formula is C17H18F2N4O3S2. The number of benzene rings is 2. The molecule has 7 nitrogen and oxygen atoms in total. The summed E-state index contributed by atoms with van der Waals surface area (Å²) in [6, 6.07) is 12.1. The highest BCUT2D eigenvalue weighted by molar-refractivity contribution is 7.89. The summed E-state index contributed by atoms with van der Waals surface area (Å²) in [5, 5.41) is 6.91. The van der Waals surface area contributed by atoms with E-state index in [4.69, 9.17) is 12.2 Å². The fraction of sp³-hybridized carbons (Fsp3) is 0.176. The smallest absolute Gasteiger partial charge is 0.387 e. The molecule has 11 heteroatoms. The molecule has 2 aromatic carbocycles. The maximum atomic E-state index is 12.2. The molecule has 0 fully saturated rings. The van der Waals surface area contributed by atoms with E-state index in [1.54, 1.807) is 24.3 Å². The lowest BCUT2D eigenvalue weighted by atomic mass is 10.2. The minimum Gasteiger partial charge on any atom is -0.435 e. The molecule has 2 aromatic rings. The number of halogens is 2. The van der Waals surface area contributed by atoms with Gasteiger partial charge >= 0.3 is 6.61 Å². The zero-order valence-electron chi connectivity index (χ0n) is 15.0. The average molecular weight is 428 g/mol. The Morgan fingerprint density at radius 3 is 2.50 bits per heavy atom. The lowest BCUT2D eigenvalue weighted by Gasteiger charge is -2.13. The van der Waals surface area contributed by atoms with Crippen LogP contribution in [-0.2, 0) is 10.0 Å². The molecule has 0 aliphatic rings. The number of thiocarbonyl (C=S) groups is 1. The third-order valence-electron chi connectivity index (χ3n) is 3.36. The number of anilines is 1. The average Bonchev–Trinajstić information content (AvgIpc) is 2.63. The molecule has 0 saturated carbocycles. The predicted molar refractivity (Wildman–Crippen MR) is 107 cm³/mol. The largest absolute Gasteiger partial charge is 0.435 e. The van der Waals surface area contributed by atoms with Crippen LogP contribution in [0.5, 0.6) is 5.75 Å². The number of hydrogen-bond acceptors (Lipinski definition) is 5. The summed E-state index contributed by atoms with van der Waals surface area (Å²) in [5.41, 5.74) is 3.70. The molecule has 0 aromatic heterocycles. The van der Waals surface area contributed by atoms with Crippen molar-refractivity contribution < 1.29 is 21.9 Å². The molecule has 0 bridgehead atoms. The van der Waals surface area contributed by atoms with Crippen LogP contribution in [0.2, 0.25) is 0 Å². The molecule has 0 heterocycles. The van der Waals surface area contributed by atoms with Gasteiger partial charge in [-0.05, 0) is 60.2 Å². The fourth-order valence-corrected chi connectivity index (χ4v) is 3.12. The van der Waals surface area contributed by atoms with E-state index in [0.717, 1.165) is 4.31 Å². The third kappa shape index (κ3) is 6.22. The maximum Gasteiger partial charge on any atom is 0.387 e. The van der Waals surface area contributed by atoms with Gasteiger partial charge in [0.2, 0.25) is 10.0 Å². The number of nitrogens with one attached hydrogen (secondary N) is 2. The van der Waals surface area contributed by atoms with E-state index in [1.807, 2.05) is 0 Å². The van der Waals surface area contributed by atoms with Crippen LogP contribution in [0.1, 0.15) is 5.56 Å². The number of nitrogens with zero attached hydrogens (tertiary/aromatic N) is 2. The Labute approximate surface area is 167 Å². The zero-order chi connectivity index (χ0) is 20.7. The van der Waals surface area contributed by atoms with Gasteiger partial charge in [0.15, 0.2) is 5.11 Å². The van der Waals surface area contributed by atoms with Crippen molar-refractivity contribution in [2.45, 2.75) is 11.5 Å². The highest BCUT2D eigenvalue weighted by Gasteiger charge is 2.17. The van der Waals surface area contributed by atoms with Gasteiger partial charge in [-0.1, -0.05) is 6.07 Å². The fourth-order valence-electron chi connectivity index (χ4n) is 2.00. The summed E-state index contributed by atoms with van der Waals surface area (Å²) >= 11 is 5.11. The second-order valence-corrected chi connectivity index (χ2v) is 8.15. The molecule has 0 aliphatic carbocycles. The molecule has 0 atom stereocenters. The van der Waals surface area contributed by atoms with Crippen LogP contribution < -0.4 is 15.5 Å². The molecule has 0 aliphatic heterocycles. The Morgan fingerprint density at radius 2 is 1.89 bits per heavy atom. The standard InChI is InChI=1S/C17H18F2N4O3S2/c1-23(2)28(24,25)15-5-3-4-13(10-15)21-17(27)22-20-11-12-6-8-14(9-7-12)26-16(18)19/h3-11,16H,1-2H3,(H2,21,22,27). The number of alkyl halides is 2. The number of rotatable bonds is 7. The van der Waals surface area contributed by atoms with E-state index < -0.39 is 16.6 Å². The second-order valence-electron chi connectivity index (χ2n) is 5.59. The second kappa shape index (κ2) is 9.53. The number of hydrazone groups is 1. The molecular weight excluding hydrogens is 410 g/mol. The maximum absolute atomic E-state index is 12.2. The van der Waals surface area contributed by atoms with Gasteiger partial charge < -0.3 is 10.1 Å². The summed E-state index contributed by atoms with van der Waals surface area (Å²) in [4.78, 5) is 0.125. The first-order valence-electron chi connectivity index (χ1n) is 7.86. The van der Waals surface area contributed by atoms with Gasteiger partial charge in [-0.15, -0.1) is 0 Å². The van der Waals surface area contributed by atoms with Gasteiger partial charge in [-0.3, -0.25) is 5.43 Å². The molecule has 0 amide bonds. The van der Waals surface area contributed by atoms with Crippen LogP contribution in [0.4, 0.5) is 14.5 Å². The molecule has 28 heavy (non-hydrogen) atoms. The summed E-state index contributed by atoms with van der Waals surface area (Å²) < 4.78 is 53.9. The number of hydrogen-bond donors (Lipinski definition) is 2. The Kier molecular flexibility index (Phi) is 7.38. The van der Waals surface area contributed by atoms with Crippen molar-refractivity contribution in [3.8, 4) is 5.75 Å². The van der Waals surface area contributed by atoms with Crippen molar-refractivity contribution in [2.24, 2.45) is 5.10 Å². The van der Waals surface area contributed by atoms with Crippen molar-refractivity contribution in [2.75, 3.05) is 19.4 Å². The van der Waals surface area contributed by atoms with E-state index in [0.29, 0.717) is 11.3 Å². The Hall–Kier alpha value is -2.63. The molecule has 2 N–H and O–H groups in total. The van der Waals surface area contributed by atoms with Crippen LogP contribution in [0, 0.1) is 0 Å². The SMILES string of the molecule is CN(C)S(=O)(=O)c1cccc(NC(=S)NN=Cc2ccc(OC(F)F)cc2)c1. The van der Waals surface area contributed by atoms with Gasteiger partial charge in [0, 0.05) is 19.8 Å². The van der Waals surface area contributed by atoms with E-state index in [-0.39, 0.29) is 15.8 Å². The lowest BCUT2D eigenvalue weighted by molar-refractivity contribution is -0.0498. The van der Waals surface area contributed by atoms with Crippen LogP contribution >= 0.6 is 12.2 Å². The van der Waals surface area contributed by atoms with Crippen LogP contribution in [0.3, 0.4) is 0 Å². The summed E-state index contributed by atoms with van der Waals surface area (Å²) in [5.74, 6) is 0.0462. The van der Waals surface area contributed by atoms with Crippen molar-refractivity contribution in [3.63, 3.8) is 0 Å². The third-order valence-corrected chi connectivity index (χ3v) is 5.36. The monoisotopic (exact) mass is 428 g/mol. The molecule has 2 rings (SSSR count). The Balaban J connectivity index is 1.95. The van der Waals surface area contributed by atoms with Gasteiger partial charge in [0.25, 0.3) is 0 Å².